The molecule has 6 nitrogen and oxygen atoms in total. The summed E-state index contributed by atoms with van der Waals surface area (Å²) in [7, 11) is -3.24. The van der Waals surface area contributed by atoms with Crippen molar-refractivity contribution in [3.8, 4) is 5.75 Å². The summed E-state index contributed by atoms with van der Waals surface area (Å²) in [5.74, 6) is 0.985. The number of sulfone groups is 1. The second-order valence-corrected chi connectivity index (χ2v) is 6.04. The molecule has 1 aromatic carbocycles. The van der Waals surface area contributed by atoms with Crippen LogP contribution in [-0.4, -0.2) is 19.8 Å². The van der Waals surface area contributed by atoms with Crippen LogP contribution in [0.1, 0.15) is 11.5 Å². The minimum Gasteiger partial charge on any atom is -0.486 e. The predicted octanol–water partition coefficient (Wildman–Crippen LogP) is 1.12. The van der Waals surface area contributed by atoms with Crippen LogP contribution in [0.4, 0.5) is 0 Å². The Balaban J connectivity index is 2.07. The average molecular weight is 282 g/mol. The zero-order valence-corrected chi connectivity index (χ0v) is 11.2. The molecule has 1 heterocycles. The van der Waals surface area contributed by atoms with Gasteiger partial charge in [0, 0.05) is 18.9 Å². The van der Waals surface area contributed by atoms with Gasteiger partial charge in [-0.05, 0) is 18.2 Å². The van der Waals surface area contributed by atoms with Crippen LogP contribution < -0.4 is 10.5 Å². The molecule has 0 bridgehead atoms. The van der Waals surface area contributed by atoms with E-state index in [1.54, 1.807) is 18.2 Å². The van der Waals surface area contributed by atoms with E-state index in [9.17, 15) is 8.42 Å². The van der Waals surface area contributed by atoms with Gasteiger partial charge in [-0.3, -0.25) is 0 Å². The van der Waals surface area contributed by atoms with Crippen molar-refractivity contribution in [2.24, 2.45) is 5.73 Å². The van der Waals surface area contributed by atoms with Gasteiger partial charge < -0.3 is 15.0 Å². The number of rotatable bonds is 5. The highest BCUT2D eigenvalue weighted by atomic mass is 32.2. The quantitative estimate of drug-likeness (QED) is 0.882. The summed E-state index contributed by atoms with van der Waals surface area (Å²) < 4.78 is 33.3. The monoisotopic (exact) mass is 282 g/mol. The van der Waals surface area contributed by atoms with Crippen LogP contribution in [-0.2, 0) is 23.0 Å². The standard InChI is InChI=1S/C12H14N2O4S/c1-19(15,16)12-4-2-3-10(6-12)17-8-11-5-9(7-13)14-18-11/h2-6H,7-8,13H2,1H3. The van der Waals surface area contributed by atoms with Crippen molar-refractivity contribution in [2.75, 3.05) is 6.26 Å². The lowest BCUT2D eigenvalue weighted by molar-refractivity contribution is 0.248. The molecule has 0 saturated heterocycles. The Hall–Kier alpha value is -1.86. The van der Waals surface area contributed by atoms with Gasteiger partial charge in [-0.25, -0.2) is 8.42 Å². The van der Waals surface area contributed by atoms with Crippen LogP contribution in [0, 0.1) is 0 Å². The minimum absolute atomic E-state index is 0.167. The molecule has 0 atom stereocenters. The molecule has 2 aromatic rings. The lowest BCUT2D eigenvalue weighted by Gasteiger charge is -2.05. The zero-order valence-electron chi connectivity index (χ0n) is 10.4. The summed E-state index contributed by atoms with van der Waals surface area (Å²) in [6.07, 6.45) is 1.15. The van der Waals surface area contributed by atoms with Crippen LogP contribution >= 0.6 is 0 Å². The molecule has 0 spiro atoms. The Bertz CT molecular complexity index is 664. The summed E-state index contributed by atoms with van der Waals surface area (Å²) in [4.78, 5) is 0.213. The van der Waals surface area contributed by atoms with Gasteiger partial charge in [0.15, 0.2) is 15.6 Å². The van der Waals surface area contributed by atoms with Gasteiger partial charge in [0.2, 0.25) is 0 Å². The van der Waals surface area contributed by atoms with Crippen LogP contribution in [0.15, 0.2) is 39.8 Å². The third-order valence-electron chi connectivity index (χ3n) is 2.43. The van der Waals surface area contributed by atoms with Crippen molar-refractivity contribution in [1.82, 2.24) is 5.16 Å². The largest absolute Gasteiger partial charge is 0.486 e. The van der Waals surface area contributed by atoms with Gasteiger partial charge in [-0.15, -0.1) is 0 Å². The van der Waals surface area contributed by atoms with Crippen LogP contribution in [0.25, 0.3) is 0 Å². The fraction of sp³-hybridized carbons (Fsp3) is 0.250. The number of benzene rings is 1. The Morgan fingerprint density at radius 1 is 1.37 bits per heavy atom. The number of hydrogen-bond donors (Lipinski definition) is 1. The SMILES string of the molecule is CS(=O)(=O)c1cccc(OCc2cc(CN)no2)c1. The molecule has 0 aliphatic carbocycles. The Morgan fingerprint density at radius 3 is 2.79 bits per heavy atom. The van der Waals surface area contributed by atoms with E-state index < -0.39 is 9.84 Å². The topological polar surface area (TPSA) is 95.4 Å². The van der Waals surface area contributed by atoms with Gasteiger partial charge in [0.1, 0.15) is 12.4 Å². The molecular formula is C12H14N2O4S. The molecule has 0 fully saturated rings. The Kier molecular flexibility index (Phi) is 3.87. The summed E-state index contributed by atoms with van der Waals surface area (Å²) in [5, 5.41) is 3.73. The molecule has 0 amide bonds. The van der Waals surface area contributed by atoms with Crippen molar-refractivity contribution in [1.29, 1.82) is 0 Å². The summed E-state index contributed by atoms with van der Waals surface area (Å²) >= 11 is 0. The van der Waals surface area contributed by atoms with Gasteiger partial charge in [-0.1, -0.05) is 11.2 Å². The van der Waals surface area contributed by atoms with E-state index in [-0.39, 0.29) is 11.5 Å². The number of ether oxygens (including phenoxy) is 1. The number of hydrogen-bond acceptors (Lipinski definition) is 6. The summed E-state index contributed by atoms with van der Waals surface area (Å²) in [6, 6.07) is 7.98. The third kappa shape index (κ3) is 3.55. The van der Waals surface area contributed by atoms with E-state index in [0.29, 0.717) is 23.7 Å². The molecular weight excluding hydrogens is 268 g/mol. The molecule has 19 heavy (non-hydrogen) atoms. The fourth-order valence-corrected chi connectivity index (χ4v) is 2.13. The maximum absolute atomic E-state index is 11.4. The van der Waals surface area contributed by atoms with E-state index in [1.165, 1.54) is 12.1 Å². The molecule has 7 heteroatoms. The lowest BCUT2D eigenvalue weighted by atomic mass is 10.3. The van der Waals surface area contributed by atoms with Crippen molar-refractivity contribution in [3.63, 3.8) is 0 Å². The zero-order chi connectivity index (χ0) is 13.9. The van der Waals surface area contributed by atoms with Gasteiger partial charge in [-0.2, -0.15) is 0 Å². The maximum Gasteiger partial charge on any atom is 0.175 e. The number of aromatic nitrogens is 1. The van der Waals surface area contributed by atoms with E-state index in [2.05, 4.69) is 5.16 Å². The lowest BCUT2D eigenvalue weighted by Crippen LogP contribution is -1.99. The minimum atomic E-state index is -3.24. The molecule has 2 N–H and O–H groups in total. The highest BCUT2D eigenvalue weighted by Gasteiger charge is 2.09. The first-order chi connectivity index (χ1) is 8.99. The molecule has 0 radical (unpaired) electrons. The smallest absolute Gasteiger partial charge is 0.175 e. The fourth-order valence-electron chi connectivity index (χ4n) is 1.47. The molecule has 0 saturated carbocycles. The first kappa shape index (κ1) is 13.6. The van der Waals surface area contributed by atoms with Crippen molar-refractivity contribution >= 4 is 9.84 Å². The summed E-state index contributed by atoms with van der Waals surface area (Å²) in [5.41, 5.74) is 6.05. The molecule has 0 aliphatic rings. The number of nitrogens with two attached hydrogens (primary N) is 1. The van der Waals surface area contributed by atoms with E-state index in [0.717, 1.165) is 6.26 Å². The van der Waals surface area contributed by atoms with E-state index in [1.807, 2.05) is 0 Å². The highest BCUT2D eigenvalue weighted by molar-refractivity contribution is 7.90. The Morgan fingerprint density at radius 2 is 2.16 bits per heavy atom. The molecule has 1 aromatic heterocycles. The van der Waals surface area contributed by atoms with Crippen LogP contribution in [0.3, 0.4) is 0 Å². The van der Waals surface area contributed by atoms with E-state index in [4.69, 9.17) is 15.0 Å². The molecule has 102 valence electrons. The first-order valence-corrected chi connectivity index (χ1v) is 7.45. The average Bonchev–Trinajstić information content (AvgIpc) is 2.84. The van der Waals surface area contributed by atoms with Crippen LogP contribution in [0.5, 0.6) is 5.75 Å². The highest BCUT2D eigenvalue weighted by Crippen LogP contribution is 2.18. The third-order valence-corrected chi connectivity index (χ3v) is 3.54. The Labute approximate surface area is 111 Å². The van der Waals surface area contributed by atoms with Crippen molar-refractivity contribution in [2.45, 2.75) is 18.0 Å². The number of nitrogens with zero attached hydrogens (tertiary/aromatic N) is 1. The molecule has 0 aliphatic heterocycles. The second-order valence-electron chi connectivity index (χ2n) is 4.02. The van der Waals surface area contributed by atoms with Crippen LogP contribution in [0.2, 0.25) is 0 Å². The predicted molar refractivity (Wildman–Crippen MR) is 68.3 cm³/mol. The molecule has 0 unspecified atom stereocenters. The maximum atomic E-state index is 11.4. The van der Waals surface area contributed by atoms with Crippen molar-refractivity contribution < 1.29 is 17.7 Å². The first-order valence-electron chi connectivity index (χ1n) is 5.56. The van der Waals surface area contributed by atoms with Gasteiger partial charge in [0.05, 0.1) is 10.6 Å². The molecule has 2 rings (SSSR count). The second kappa shape index (κ2) is 5.41. The summed E-state index contributed by atoms with van der Waals surface area (Å²) in [6.45, 7) is 0.466. The van der Waals surface area contributed by atoms with Crippen molar-refractivity contribution in [3.05, 3.63) is 41.8 Å². The normalized spacial score (nSPS) is 11.5. The van der Waals surface area contributed by atoms with Gasteiger partial charge >= 0.3 is 0 Å². The van der Waals surface area contributed by atoms with Gasteiger partial charge in [0.25, 0.3) is 0 Å². The van der Waals surface area contributed by atoms with E-state index >= 15 is 0 Å².